The van der Waals surface area contributed by atoms with E-state index < -0.39 is 18.6 Å². The Kier molecular flexibility index (Phi) is 6.95. The Morgan fingerprint density at radius 3 is 2.36 bits per heavy atom. The Morgan fingerprint density at radius 2 is 1.82 bits per heavy atom. The quantitative estimate of drug-likeness (QED) is 0.564. The lowest BCUT2D eigenvalue weighted by molar-refractivity contribution is -0.140. The Labute approximate surface area is 162 Å². The van der Waals surface area contributed by atoms with Crippen molar-refractivity contribution in [2.75, 3.05) is 27.4 Å². The number of nitrogens with one attached hydrogen (secondary N) is 1. The molecule has 0 fully saturated rings. The van der Waals surface area contributed by atoms with E-state index in [0.29, 0.717) is 22.4 Å². The van der Waals surface area contributed by atoms with Gasteiger partial charge in [0.15, 0.2) is 0 Å². The number of allylic oxidation sites excluding steroid dienone is 1. The number of hydrogen-bond acceptors (Lipinski definition) is 5. The number of carbonyl (C=O) groups is 2. The molecule has 0 bridgehead atoms. The molecule has 1 aliphatic rings. The zero-order valence-electron chi connectivity index (χ0n) is 16.5. The van der Waals surface area contributed by atoms with E-state index in [1.165, 1.54) is 12.0 Å². The van der Waals surface area contributed by atoms with Crippen LogP contribution in [0.1, 0.15) is 29.7 Å². The SMILES string of the molecule is COCCOC(=O)C1=C(C)N(C)C(=O)N[C@H]1c1cc(C)c(OC(F)F)c(C)c1. The van der Waals surface area contributed by atoms with Crippen molar-refractivity contribution in [1.82, 2.24) is 10.2 Å². The molecule has 28 heavy (non-hydrogen) atoms. The third kappa shape index (κ3) is 4.59. The standard InChI is InChI=1S/C19H24F2N2O5/c1-10-8-13(9-11(2)16(10)28-18(20)21)15-14(17(24)27-7-6-26-5)12(3)23(4)19(25)22-15/h8-9,15,18H,6-7H2,1-5H3,(H,22,25)/t15-/m0/s1. The van der Waals surface area contributed by atoms with E-state index in [2.05, 4.69) is 10.1 Å². The van der Waals surface area contributed by atoms with Crippen molar-refractivity contribution in [2.45, 2.75) is 33.4 Å². The van der Waals surface area contributed by atoms with Gasteiger partial charge in [-0.1, -0.05) is 0 Å². The lowest BCUT2D eigenvalue weighted by atomic mass is 9.92. The number of alkyl halides is 2. The highest BCUT2D eigenvalue weighted by atomic mass is 19.3. The van der Waals surface area contributed by atoms with Crippen LogP contribution in [0.2, 0.25) is 0 Å². The second-order valence-corrected chi connectivity index (χ2v) is 6.43. The number of rotatable bonds is 7. The first-order valence-corrected chi connectivity index (χ1v) is 8.64. The number of aryl methyl sites for hydroxylation is 2. The summed E-state index contributed by atoms with van der Waals surface area (Å²) in [5.74, 6) is -0.516. The first-order valence-electron chi connectivity index (χ1n) is 8.64. The monoisotopic (exact) mass is 398 g/mol. The van der Waals surface area contributed by atoms with Gasteiger partial charge in [-0.3, -0.25) is 0 Å². The number of nitrogens with zero attached hydrogens (tertiary/aromatic N) is 1. The Balaban J connectivity index is 2.46. The van der Waals surface area contributed by atoms with E-state index >= 15 is 0 Å². The number of benzene rings is 1. The predicted molar refractivity (Wildman–Crippen MR) is 97.1 cm³/mol. The molecule has 154 valence electrons. The van der Waals surface area contributed by atoms with E-state index in [1.807, 2.05) is 0 Å². The number of esters is 1. The Hall–Kier alpha value is -2.68. The van der Waals surface area contributed by atoms with Gasteiger partial charge in [0.05, 0.1) is 18.2 Å². The molecule has 2 amide bonds. The predicted octanol–water partition coefficient (Wildman–Crippen LogP) is 3.06. The molecule has 1 N–H and O–H groups in total. The topological polar surface area (TPSA) is 77.1 Å². The maximum absolute atomic E-state index is 12.7. The van der Waals surface area contributed by atoms with Crippen LogP contribution in [0.5, 0.6) is 5.75 Å². The minimum Gasteiger partial charge on any atom is -0.460 e. The molecular formula is C19H24F2N2O5. The molecule has 0 spiro atoms. The maximum Gasteiger partial charge on any atom is 0.387 e. The van der Waals surface area contributed by atoms with Crippen LogP contribution >= 0.6 is 0 Å². The Morgan fingerprint density at radius 1 is 1.21 bits per heavy atom. The molecule has 0 aromatic heterocycles. The molecule has 1 aromatic rings. The normalized spacial score (nSPS) is 17.1. The molecule has 0 radical (unpaired) electrons. The molecule has 0 saturated carbocycles. The van der Waals surface area contributed by atoms with Crippen molar-refractivity contribution in [2.24, 2.45) is 0 Å². The number of ether oxygens (including phenoxy) is 3. The number of carbonyl (C=O) groups excluding carboxylic acids is 2. The van der Waals surface area contributed by atoms with Gasteiger partial charge in [0.2, 0.25) is 0 Å². The van der Waals surface area contributed by atoms with E-state index in [1.54, 1.807) is 40.0 Å². The smallest absolute Gasteiger partial charge is 0.387 e. The summed E-state index contributed by atoms with van der Waals surface area (Å²) in [6, 6.07) is 2.05. The van der Waals surface area contributed by atoms with Gasteiger partial charge >= 0.3 is 18.6 Å². The van der Waals surface area contributed by atoms with Gasteiger partial charge in [0.1, 0.15) is 12.4 Å². The third-order valence-corrected chi connectivity index (χ3v) is 4.52. The highest BCUT2D eigenvalue weighted by molar-refractivity contribution is 5.95. The zero-order chi connectivity index (χ0) is 21.0. The lowest BCUT2D eigenvalue weighted by Gasteiger charge is -2.33. The fourth-order valence-corrected chi connectivity index (χ4v) is 3.07. The number of methoxy groups -OCH3 is 1. The van der Waals surface area contributed by atoms with Crippen LogP contribution in [0.25, 0.3) is 0 Å². The van der Waals surface area contributed by atoms with E-state index in [9.17, 15) is 18.4 Å². The molecule has 0 unspecified atom stereocenters. The van der Waals surface area contributed by atoms with Crippen LogP contribution in [0.4, 0.5) is 13.6 Å². The summed E-state index contributed by atoms with van der Waals surface area (Å²) in [5.41, 5.74) is 2.21. The molecule has 0 aliphatic carbocycles. The highest BCUT2D eigenvalue weighted by Gasteiger charge is 2.35. The Bertz CT molecular complexity index is 772. The van der Waals surface area contributed by atoms with Crippen molar-refractivity contribution in [3.63, 3.8) is 0 Å². The average Bonchev–Trinajstić information content (AvgIpc) is 2.62. The van der Waals surface area contributed by atoms with Gasteiger partial charge in [-0.2, -0.15) is 8.78 Å². The first-order chi connectivity index (χ1) is 13.2. The van der Waals surface area contributed by atoms with Gasteiger partial charge in [-0.25, -0.2) is 9.59 Å². The second kappa shape index (κ2) is 9.01. The molecule has 1 aliphatic heterocycles. The molecular weight excluding hydrogens is 374 g/mol. The van der Waals surface area contributed by atoms with Crippen molar-refractivity contribution in [1.29, 1.82) is 0 Å². The van der Waals surface area contributed by atoms with Crippen molar-refractivity contribution >= 4 is 12.0 Å². The fourth-order valence-electron chi connectivity index (χ4n) is 3.07. The van der Waals surface area contributed by atoms with E-state index in [-0.39, 0.29) is 30.6 Å². The number of hydrogen-bond donors (Lipinski definition) is 1. The van der Waals surface area contributed by atoms with Crippen molar-refractivity contribution in [3.8, 4) is 5.75 Å². The minimum atomic E-state index is -2.94. The first kappa shape index (κ1) is 21.6. The number of amides is 2. The molecule has 1 atom stereocenters. The zero-order valence-corrected chi connectivity index (χ0v) is 16.5. The van der Waals surface area contributed by atoms with Crippen LogP contribution in [0.15, 0.2) is 23.4 Å². The fraction of sp³-hybridized carbons (Fsp3) is 0.474. The molecule has 1 aromatic carbocycles. The van der Waals surface area contributed by atoms with Crippen LogP contribution in [0.3, 0.4) is 0 Å². The van der Waals surface area contributed by atoms with Gasteiger partial charge < -0.3 is 24.4 Å². The molecule has 7 nitrogen and oxygen atoms in total. The summed E-state index contributed by atoms with van der Waals surface area (Å²) in [5, 5.41) is 2.76. The molecule has 0 saturated heterocycles. The molecule has 1 heterocycles. The lowest BCUT2D eigenvalue weighted by Crippen LogP contribution is -2.46. The van der Waals surface area contributed by atoms with Gasteiger partial charge in [-0.05, 0) is 49.6 Å². The minimum absolute atomic E-state index is 0.0652. The summed E-state index contributed by atoms with van der Waals surface area (Å²) < 4.78 is 40.0. The van der Waals surface area contributed by atoms with Crippen LogP contribution < -0.4 is 10.1 Å². The molecule has 9 heteroatoms. The summed E-state index contributed by atoms with van der Waals surface area (Å²) in [6.45, 7) is 2.25. The van der Waals surface area contributed by atoms with E-state index in [0.717, 1.165) is 0 Å². The van der Waals surface area contributed by atoms with Crippen molar-refractivity contribution in [3.05, 3.63) is 40.1 Å². The summed E-state index contributed by atoms with van der Waals surface area (Å²) in [6.07, 6.45) is 0. The number of urea groups is 1. The van der Waals surface area contributed by atoms with Crippen LogP contribution in [-0.4, -0.2) is 50.9 Å². The second-order valence-electron chi connectivity index (χ2n) is 6.43. The van der Waals surface area contributed by atoms with Gasteiger partial charge in [0.25, 0.3) is 0 Å². The summed E-state index contributed by atoms with van der Waals surface area (Å²) >= 11 is 0. The highest BCUT2D eigenvalue weighted by Crippen LogP contribution is 2.35. The summed E-state index contributed by atoms with van der Waals surface area (Å²) in [4.78, 5) is 26.3. The van der Waals surface area contributed by atoms with E-state index in [4.69, 9.17) is 9.47 Å². The van der Waals surface area contributed by atoms with Crippen molar-refractivity contribution < 1.29 is 32.6 Å². The van der Waals surface area contributed by atoms with Crippen LogP contribution in [-0.2, 0) is 14.3 Å². The number of halogens is 2. The molecule has 2 rings (SSSR count). The third-order valence-electron chi connectivity index (χ3n) is 4.52. The van der Waals surface area contributed by atoms with Gasteiger partial charge in [0, 0.05) is 19.9 Å². The van der Waals surface area contributed by atoms with Crippen LogP contribution in [0, 0.1) is 13.8 Å². The van der Waals surface area contributed by atoms with Gasteiger partial charge in [-0.15, -0.1) is 0 Å². The summed E-state index contributed by atoms with van der Waals surface area (Å²) in [7, 11) is 3.03. The maximum atomic E-state index is 12.7. The average molecular weight is 398 g/mol. The largest absolute Gasteiger partial charge is 0.460 e.